The van der Waals surface area contributed by atoms with Crippen LogP contribution in [0.2, 0.25) is 0 Å². The molecule has 0 aliphatic carbocycles. The molecule has 0 saturated heterocycles. The lowest BCUT2D eigenvalue weighted by atomic mass is 10.2. The van der Waals surface area contributed by atoms with E-state index < -0.39 is 0 Å². The summed E-state index contributed by atoms with van der Waals surface area (Å²) in [6.07, 6.45) is 3.42. The van der Waals surface area contributed by atoms with E-state index in [2.05, 4.69) is 20.7 Å². The molecule has 6 heteroatoms. The Hall–Kier alpha value is -3.15. The number of rotatable bonds is 6. The second kappa shape index (κ2) is 7.41. The molecule has 0 saturated carbocycles. The van der Waals surface area contributed by atoms with Gasteiger partial charge < -0.3 is 9.47 Å². The van der Waals surface area contributed by atoms with Gasteiger partial charge in [-0.25, -0.2) is 0 Å². The third-order valence-corrected chi connectivity index (χ3v) is 3.44. The number of aromatic nitrogens is 2. The van der Waals surface area contributed by atoms with Crippen molar-refractivity contribution >= 4 is 22.8 Å². The van der Waals surface area contributed by atoms with Crippen molar-refractivity contribution in [3.8, 4) is 11.5 Å². The van der Waals surface area contributed by atoms with Crippen LogP contribution >= 0.6 is 0 Å². The van der Waals surface area contributed by atoms with E-state index in [0.29, 0.717) is 23.9 Å². The molecular weight excluding hydrogens is 304 g/mol. The Morgan fingerprint density at radius 2 is 2.04 bits per heavy atom. The maximum absolute atomic E-state index is 5.50. The van der Waals surface area contributed by atoms with E-state index >= 15 is 0 Å². The number of nitrogens with zero attached hydrogens (tertiary/aromatic N) is 3. The van der Waals surface area contributed by atoms with Gasteiger partial charge in [-0.3, -0.25) is 5.43 Å². The van der Waals surface area contributed by atoms with Gasteiger partial charge in [-0.05, 0) is 30.7 Å². The number of nitrogens with one attached hydrogen (secondary N) is 1. The average Bonchev–Trinajstić information content (AvgIpc) is 2.63. The third-order valence-electron chi connectivity index (χ3n) is 3.44. The molecule has 1 heterocycles. The Morgan fingerprint density at radius 3 is 2.88 bits per heavy atom. The summed E-state index contributed by atoms with van der Waals surface area (Å²) in [5.74, 6) is 2.00. The summed E-state index contributed by atoms with van der Waals surface area (Å²) in [7, 11) is 1.61. The van der Waals surface area contributed by atoms with Crippen LogP contribution in [0.1, 0.15) is 12.5 Å². The van der Waals surface area contributed by atoms with Crippen LogP contribution in [-0.4, -0.2) is 30.1 Å². The van der Waals surface area contributed by atoms with Crippen molar-refractivity contribution in [3.05, 3.63) is 54.2 Å². The molecule has 0 aliphatic rings. The Bertz CT molecular complexity index is 859. The maximum Gasteiger partial charge on any atom is 0.176 e. The van der Waals surface area contributed by atoms with E-state index in [1.165, 1.54) is 0 Å². The first-order valence-electron chi connectivity index (χ1n) is 7.62. The molecule has 3 aromatic rings. The van der Waals surface area contributed by atoms with Crippen LogP contribution in [0.15, 0.2) is 53.8 Å². The van der Waals surface area contributed by atoms with Crippen LogP contribution in [0.25, 0.3) is 10.8 Å². The molecule has 0 atom stereocenters. The zero-order chi connectivity index (χ0) is 16.8. The van der Waals surface area contributed by atoms with Crippen LogP contribution in [-0.2, 0) is 0 Å². The van der Waals surface area contributed by atoms with Crippen molar-refractivity contribution < 1.29 is 9.47 Å². The number of anilines is 1. The maximum atomic E-state index is 5.50. The van der Waals surface area contributed by atoms with Crippen molar-refractivity contribution in [1.29, 1.82) is 0 Å². The van der Waals surface area contributed by atoms with Crippen LogP contribution in [0.4, 0.5) is 5.82 Å². The molecule has 24 heavy (non-hydrogen) atoms. The van der Waals surface area contributed by atoms with E-state index in [1.807, 2.05) is 49.4 Å². The lowest BCUT2D eigenvalue weighted by Crippen LogP contribution is -1.98. The molecule has 0 fully saturated rings. The van der Waals surface area contributed by atoms with E-state index in [1.54, 1.807) is 19.5 Å². The van der Waals surface area contributed by atoms with Crippen molar-refractivity contribution in [2.24, 2.45) is 5.10 Å². The van der Waals surface area contributed by atoms with Crippen molar-refractivity contribution in [1.82, 2.24) is 10.2 Å². The summed E-state index contributed by atoms with van der Waals surface area (Å²) in [6, 6.07) is 13.5. The van der Waals surface area contributed by atoms with Gasteiger partial charge in [-0.15, -0.1) is 5.10 Å². The number of hydrogen-bond acceptors (Lipinski definition) is 6. The third kappa shape index (κ3) is 3.43. The van der Waals surface area contributed by atoms with Gasteiger partial charge in [0.1, 0.15) is 0 Å². The summed E-state index contributed by atoms with van der Waals surface area (Å²) in [5.41, 5.74) is 3.82. The second-order valence-electron chi connectivity index (χ2n) is 4.99. The van der Waals surface area contributed by atoms with Gasteiger partial charge in [0.2, 0.25) is 0 Å². The molecule has 3 rings (SSSR count). The highest BCUT2D eigenvalue weighted by molar-refractivity contribution is 5.91. The fraction of sp³-hybridized carbons (Fsp3) is 0.167. The lowest BCUT2D eigenvalue weighted by molar-refractivity contribution is 0.311. The molecule has 1 N–H and O–H groups in total. The molecule has 0 bridgehead atoms. The van der Waals surface area contributed by atoms with Gasteiger partial charge >= 0.3 is 0 Å². The smallest absolute Gasteiger partial charge is 0.176 e. The Balaban J connectivity index is 1.78. The van der Waals surface area contributed by atoms with Crippen LogP contribution in [0.3, 0.4) is 0 Å². The van der Waals surface area contributed by atoms with Gasteiger partial charge in [0.15, 0.2) is 17.3 Å². The zero-order valence-electron chi connectivity index (χ0n) is 13.6. The van der Waals surface area contributed by atoms with Gasteiger partial charge in [0, 0.05) is 10.8 Å². The highest BCUT2D eigenvalue weighted by Crippen LogP contribution is 2.27. The number of benzene rings is 2. The number of ether oxygens (including phenoxy) is 2. The molecule has 0 unspecified atom stereocenters. The van der Waals surface area contributed by atoms with Crippen molar-refractivity contribution in [2.75, 3.05) is 19.1 Å². The zero-order valence-corrected chi connectivity index (χ0v) is 13.6. The van der Waals surface area contributed by atoms with Gasteiger partial charge in [-0.1, -0.05) is 24.3 Å². The Morgan fingerprint density at radius 1 is 1.17 bits per heavy atom. The first-order chi connectivity index (χ1) is 11.8. The van der Waals surface area contributed by atoms with E-state index in [0.717, 1.165) is 16.3 Å². The predicted molar refractivity (Wildman–Crippen MR) is 94.9 cm³/mol. The predicted octanol–water partition coefficient (Wildman–Crippen LogP) is 3.48. The number of hydrogen-bond donors (Lipinski definition) is 1. The van der Waals surface area contributed by atoms with Crippen LogP contribution in [0.5, 0.6) is 11.5 Å². The molecule has 122 valence electrons. The molecule has 6 nitrogen and oxygen atoms in total. The Kier molecular flexibility index (Phi) is 4.86. The molecule has 1 aromatic heterocycles. The molecular formula is C18H18N4O2. The van der Waals surface area contributed by atoms with Crippen LogP contribution in [0, 0.1) is 0 Å². The van der Waals surface area contributed by atoms with Gasteiger partial charge in [0.25, 0.3) is 0 Å². The highest BCUT2D eigenvalue weighted by atomic mass is 16.5. The normalized spacial score (nSPS) is 10.9. The Labute approximate surface area is 140 Å². The fourth-order valence-electron chi connectivity index (χ4n) is 2.32. The number of fused-ring (bicyclic) bond motifs is 1. The van der Waals surface area contributed by atoms with E-state index in [4.69, 9.17) is 9.47 Å². The van der Waals surface area contributed by atoms with E-state index in [9.17, 15) is 0 Å². The minimum absolute atomic E-state index is 0.588. The summed E-state index contributed by atoms with van der Waals surface area (Å²) in [6.45, 7) is 2.52. The SMILES string of the molecule is CCOc1ccc(/C=N\Nc2nncc3ccccc23)cc1OC. The lowest BCUT2D eigenvalue weighted by Gasteiger charge is -2.09. The van der Waals surface area contributed by atoms with Crippen molar-refractivity contribution in [2.45, 2.75) is 6.92 Å². The molecule has 0 radical (unpaired) electrons. The highest BCUT2D eigenvalue weighted by Gasteiger charge is 2.04. The summed E-state index contributed by atoms with van der Waals surface area (Å²) in [4.78, 5) is 0. The minimum Gasteiger partial charge on any atom is -0.493 e. The summed E-state index contributed by atoms with van der Waals surface area (Å²) < 4.78 is 10.8. The van der Waals surface area contributed by atoms with E-state index in [-0.39, 0.29) is 0 Å². The average molecular weight is 322 g/mol. The summed E-state index contributed by atoms with van der Waals surface area (Å²) in [5, 5.41) is 14.3. The fourth-order valence-corrected chi connectivity index (χ4v) is 2.32. The quantitative estimate of drug-likeness (QED) is 0.556. The monoisotopic (exact) mass is 322 g/mol. The summed E-state index contributed by atoms with van der Waals surface area (Å²) >= 11 is 0. The first kappa shape index (κ1) is 15.7. The molecule has 0 aliphatic heterocycles. The molecule has 0 spiro atoms. The van der Waals surface area contributed by atoms with Gasteiger partial charge in [0.05, 0.1) is 26.1 Å². The standard InChI is InChI=1S/C18H18N4O2/c1-3-24-16-9-8-13(10-17(16)23-2)11-19-21-18-15-7-5-4-6-14(15)12-20-22-18/h4-12H,3H2,1-2H3,(H,21,22)/b19-11-. The topological polar surface area (TPSA) is 68.6 Å². The number of methoxy groups -OCH3 is 1. The molecule has 2 aromatic carbocycles. The minimum atomic E-state index is 0.588. The van der Waals surface area contributed by atoms with Gasteiger partial charge in [-0.2, -0.15) is 10.2 Å². The number of hydrazone groups is 1. The second-order valence-corrected chi connectivity index (χ2v) is 4.99. The van der Waals surface area contributed by atoms with Crippen LogP contribution < -0.4 is 14.9 Å². The molecule has 0 amide bonds. The van der Waals surface area contributed by atoms with Crippen molar-refractivity contribution in [3.63, 3.8) is 0 Å². The largest absolute Gasteiger partial charge is 0.493 e. The first-order valence-corrected chi connectivity index (χ1v) is 7.62.